The van der Waals surface area contributed by atoms with Crippen molar-refractivity contribution in [3.8, 4) is 0 Å². The van der Waals surface area contributed by atoms with Crippen LogP contribution in [0.3, 0.4) is 0 Å². The van der Waals surface area contributed by atoms with Crippen LogP contribution in [-0.4, -0.2) is 34.2 Å². The minimum Gasteiger partial charge on any atom is -0.367 e. The van der Waals surface area contributed by atoms with Gasteiger partial charge >= 0.3 is 6.18 Å². The average Bonchev–Trinajstić information content (AvgIpc) is 2.68. The lowest BCUT2D eigenvalue weighted by Gasteiger charge is -2.13. The van der Waals surface area contributed by atoms with Crippen molar-refractivity contribution < 1.29 is 31.1 Å². The van der Waals surface area contributed by atoms with Crippen molar-refractivity contribution in [2.24, 2.45) is 0 Å². The minimum absolute atomic E-state index is 0.0401. The number of alkyl halides is 3. The van der Waals surface area contributed by atoms with E-state index in [0.29, 0.717) is 16.7 Å². The quantitative estimate of drug-likeness (QED) is 0.655. The van der Waals surface area contributed by atoms with Gasteiger partial charge in [-0.3, -0.25) is 4.79 Å². The van der Waals surface area contributed by atoms with Crippen molar-refractivity contribution in [1.82, 2.24) is 10.0 Å². The van der Waals surface area contributed by atoms with Gasteiger partial charge < -0.3 is 10.1 Å². The minimum atomic E-state index is -4.37. The number of carbonyl (C=O) groups is 1. The first-order chi connectivity index (χ1) is 13.9. The molecule has 2 aromatic rings. The Balaban J connectivity index is 2.02. The molecular formula is C20H23F3N2O4S. The van der Waals surface area contributed by atoms with Gasteiger partial charge in [0.2, 0.25) is 10.0 Å². The van der Waals surface area contributed by atoms with Crippen LogP contribution < -0.4 is 10.0 Å². The Bertz CT molecular complexity index is 1000. The van der Waals surface area contributed by atoms with E-state index in [-0.39, 0.29) is 23.6 Å². The molecule has 0 bridgehead atoms. The first-order valence-electron chi connectivity index (χ1n) is 8.98. The Morgan fingerprint density at radius 3 is 2.23 bits per heavy atom. The fourth-order valence-electron chi connectivity index (χ4n) is 2.67. The first kappa shape index (κ1) is 23.8. The third kappa shape index (κ3) is 6.54. The molecule has 0 radical (unpaired) electrons. The monoisotopic (exact) mass is 444 g/mol. The normalized spacial score (nSPS) is 12.1. The number of nitrogens with one attached hydrogen (secondary N) is 2. The summed E-state index contributed by atoms with van der Waals surface area (Å²) in [5.74, 6) is -0.441. The van der Waals surface area contributed by atoms with E-state index in [1.54, 1.807) is 44.2 Å². The molecule has 0 heterocycles. The predicted octanol–water partition coefficient (Wildman–Crippen LogP) is 3.22. The van der Waals surface area contributed by atoms with Crippen LogP contribution in [-0.2, 0) is 27.9 Å². The zero-order valence-corrected chi connectivity index (χ0v) is 17.6. The van der Waals surface area contributed by atoms with Crippen LogP contribution in [0.5, 0.6) is 0 Å². The van der Waals surface area contributed by atoms with Crippen molar-refractivity contribution >= 4 is 15.9 Å². The standard InChI is InChI=1S/C20H23F3N2O4S/c1-13-8-17(9-18(14(13)2)30(27,28)24-3)19(26)25-10-15-4-6-16(7-5-15)11-29-12-20(21,22)23/h4-9,24H,10-12H2,1-3H3,(H,25,26). The lowest BCUT2D eigenvalue weighted by Crippen LogP contribution is -2.25. The fraction of sp³-hybridized carbons (Fsp3) is 0.350. The number of hydrogen-bond donors (Lipinski definition) is 2. The van der Waals surface area contributed by atoms with E-state index in [2.05, 4.69) is 14.8 Å². The molecule has 10 heteroatoms. The molecule has 164 valence electrons. The molecule has 2 aromatic carbocycles. The van der Waals surface area contributed by atoms with Gasteiger partial charge in [-0.05, 0) is 55.3 Å². The molecule has 0 atom stereocenters. The second kappa shape index (κ2) is 9.59. The summed E-state index contributed by atoms with van der Waals surface area (Å²) >= 11 is 0. The van der Waals surface area contributed by atoms with Crippen LogP contribution in [0.4, 0.5) is 13.2 Å². The number of carbonyl (C=O) groups excluding carboxylic acids is 1. The summed E-state index contributed by atoms with van der Waals surface area (Å²) in [6.45, 7) is 2.08. The number of hydrogen-bond acceptors (Lipinski definition) is 4. The second-order valence-corrected chi connectivity index (χ2v) is 8.59. The van der Waals surface area contributed by atoms with Crippen LogP contribution in [0.1, 0.15) is 32.6 Å². The first-order valence-corrected chi connectivity index (χ1v) is 10.5. The number of halogens is 3. The molecule has 0 unspecified atom stereocenters. The van der Waals surface area contributed by atoms with Gasteiger partial charge in [-0.15, -0.1) is 0 Å². The van der Waals surface area contributed by atoms with Gasteiger partial charge in [0.15, 0.2) is 0 Å². The van der Waals surface area contributed by atoms with Crippen LogP contribution in [0.25, 0.3) is 0 Å². The molecule has 2 N–H and O–H groups in total. The zero-order valence-electron chi connectivity index (χ0n) is 16.8. The van der Waals surface area contributed by atoms with Gasteiger partial charge in [-0.2, -0.15) is 13.2 Å². The van der Waals surface area contributed by atoms with Crippen LogP contribution >= 0.6 is 0 Å². The van der Waals surface area contributed by atoms with Gasteiger partial charge in [-0.1, -0.05) is 24.3 Å². The molecule has 30 heavy (non-hydrogen) atoms. The summed E-state index contributed by atoms with van der Waals surface area (Å²) in [4.78, 5) is 12.5. The second-order valence-electron chi connectivity index (χ2n) is 6.73. The largest absolute Gasteiger partial charge is 0.411 e. The molecule has 1 amide bonds. The summed E-state index contributed by atoms with van der Waals surface area (Å²) in [5, 5.41) is 2.71. The smallest absolute Gasteiger partial charge is 0.367 e. The lowest BCUT2D eigenvalue weighted by atomic mass is 10.1. The van der Waals surface area contributed by atoms with E-state index in [9.17, 15) is 26.4 Å². The Morgan fingerprint density at radius 2 is 1.67 bits per heavy atom. The van der Waals surface area contributed by atoms with Gasteiger partial charge in [0.05, 0.1) is 11.5 Å². The third-order valence-corrected chi connectivity index (χ3v) is 5.99. The SMILES string of the molecule is CNS(=O)(=O)c1cc(C(=O)NCc2ccc(COCC(F)(F)F)cc2)cc(C)c1C. The van der Waals surface area contributed by atoms with E-state index in [1.165, 1.54) is 13.1 Å². The number of sulfonamides is 1. The number of benzene rings is 2. The molecule has 2 rings (SSSR count). The zero-order chi connectivity index (χ0) is 22.5. The number of rotatable bonds is 8. The molecular weight excluding hydrogens is 421 g/mol. The molecule has 0 aliphatic carbocycles. The van der Waals surface area contributed by atoms with E-state index in [1.807, 2.05) is 0 Å². The summed E-state index contributed by atoms with van der Waals surface area (Å²) < 4.78 is 67.5. The number of ether oxygens (including phenoxy) is 1. The summed E-state index contributed by atoms with van der Waals surface area (Å²) in [6, 6.07) is 9.51. The Hall–Kier alpha value is -2.43. The van der Waals surface area contributed by atoms with E-state index in [0.717, 1.165) is 5.56 Å². The van der Waals surface area contributed by atoms with E-state index < -0.39 is 28.7 Å². The topological polar surface area (TPSA) is 84.5 Å². The molecule has 0 aromatic heterocycles. The molecule has 0 spiro atoms. The summed E-state index contributed by atoms with van der Waals surface area (Å²) in [7, 11) is -2.41. The van der Waals surface area contributed by atoms with Crippen LogP contribution in [0, 0.1) is 13.8 Å². The van der Waals surface area contributed by atoms with E-state index >= 15 is 0 Å². The van der Waals surface area contributed by atoms with E-state index in [4.69, 9.17) is 0 Å². The van der Waals surface area contributed by atoms with Gasteiger partial charge in [0.25, 0.3) is 5.91 Å². The number of aryl methyl sites for hydroxylation is 1. The maximum Gasteiger partial charge on any atom is 0.411 e. The maximum absolute atomic E-state index is 12.5. The van der Waals surface area contributed by atoms with Crippen molar-refractivity contribution in [3.05, 3.63) is 64.2 Å². The Kier molecular flexibility index (Phi) is 7.62. The molecule has 0 fully saturated rings. The molecule has 0 saturated heterocycles. The van der Waals surface area contributed by atoms with Crippen molar-refractivity contribution in [2.45, 2.75) is 38.1 Å². The van der Waals surface area contributed by atoms with Gasteiger partial charge in [0, 0.05) is 12.1 Å². The highest BCUT2D eigenvalue weighted by molar-refractivity contribution is 7.89. The molecule has 0 aliphatic heterocycles. The predicted molar refractivity (Wildman–Crippen MR) is 105 cm³/mol. The molecule has 0 aliphatic rings. The Morgan fingerprint density at radius 1 is 1.07 bits per heavy atom. The van der Waals surface area contributed by atoms with Gasteiger partial charge in [0.1, 0.15) is 6.61 Å². The van der Waals surface area contributed by atoms with Crippen LogP contribution in [0.2, 0.25) is 0 Å². The highest BCUT2D eigenvalue weighted by Gasteiger charge is 2.27. The van der Waals surface area contributed by atoms with Crippen LogP contribution in [0.15, 0.2) is 41.3 Å². The molecule has 6 nitrogen and oxygen atoms in total. The Labute approximate surface area is 173 Å². The maximum atomic E-state index is 12.5. The highest BCUT2D eigenvalue weighted by atomic mass is 32.2. The van der Waals surface area contributed by atoms with Crippen molar-refractivity contribution in [1.29, 1.82) is 0 Å². The highest BCUT2D eigenvalue weighted by Crippen LogP contribution is 2.21. The number of amides is 1. The summed E-state index contributed by atoms with van der Waals surface area (Å²) in [5.41, 5.74) is 2.74. The average molecular weight is 444 g/mol. The lowest BCUT2D eigenvalue weighted by molar-refractivity contribution is -0.176. The third-order valence-electron chi connectivity index (χ3n) is 4.45. The molecule has 0 saturated carbocycles. The van der Waals surface area contributed by atoms with Crippen molar-refractivity contribution in [2.75, 3.05) is 13.7 Å². The van der Waals surface area contributed by atoms with Gasteiger partial charge in [-0.25, -0.2) is 13.1 Å². The fourth-order valence-corrected chi connectivity index (χ4v) is 3.74. The van der Waals surface area contributed by atoms with Crippen molar-refractivity contribution in [3.63, 3.8) is 0 Å². The summed E-state index contributed by atoms with van der Waals surface area (Å²) in [6.07, 6.45) is -4.37.